The van der Waals surface area contributed by atoms with Crippen molar-refractivity contribution in [2.24, 2.45) is 0 Å². The zero-order valence-electron chi connectivity index (χ0n) is 15.5. The van der Waals surface area contributed by atoms with Crippen molar-refractivity contribution in [3.63, 3.8) is 0 Å². The van der Waals surface area contributed by atoms with E-state index in [9.17, 15) is 9.18 Å². The molecule has 3 nitrogen and oxygen atoms in total. The van der Waals surface area contributed by atoms with Crippen molar-refractivity contribution >= 4 is 28.4 Å². The largest absolute Gasteiger partial charge is 0.358 e. The van der Waals surface area contributed by atoms with E-state index in [1.54, 1.807) is 17.0 Å². The lowest BCUT2D eigenvalue weighted by Gasteiger charge is -2.23. The summed E-state index contributed by atoms with van der Waals surface area (Å²) in [5.41, 5.74) is 4.61. The standard InChI is InChI=1S/C22H22ClFN2O/c1-13-6-9-21-17(10-13)16(14(2)25-21)11-22(27)26(15-7-8-15)12-18-19(23)4-3-5-20(18)24/h3-6,9-10,15,25H,7-8,11-12H2,1-2H3. The first-order chi connectivity index (χ1) is 12.9. The van der Waals surface area contributed by atoms with E-state index in [1.165, 1.54) is 6.07 Å². The highest BCUT2D eigenvalue weighted by Gasteiger charge is 2.33. The minimum atomic E-state index is -0.361. The summed E-state index contributed by atoms with van der Waals surface area (Å²) < 4.78 is 14.2. The molecule has 1 aliphatic rings. The summed E-state index contributed by atoms with van der Waals surface area (Å²) in [4.78, 5) is 18.3. The van der Waals surface area contributed by atoms with Crippen molar-refractivity contribution in [3.05, 3.63) is 69.6 Å². The number of carbonyl (C=O) groups is 1. The molecule has 140 valence electrons. The minimum absolute atomic E-state index is 0.0160. The van der Waals surface area contributed by atoms with E-state index in [0.29, 0.717) is 17.0 Å². The molecule has 1 amide bonds. The number of hydrogen-bond acceptors (Lipinski definition) is 1. The van der Waals surface area contributed by atoms with E-state index >= 15 is 0 Å². The molecule has 1 heterocycles. The summed E-state index contributed by atoms with van der Waals surface area (Å²) in [6, 6.07) is 11.0. The molecule has 1 aromatic heterocycles. The summed E-state index contributed by atoms with van der Waals surface area (Å²) in [5, 5.41) is 1.45. The maximum atomic E-state index is 14.2. The third-order valence-corrected chi connectivity index (χ3v) is 5.66. The second-order valence-electron chi connectivity index (χ2n) is 7.41. The number of aromatic nitrogens is 1. The number of benzene rings is 2. The van der Waals surface area contributed by atoms with Gasteiger partial charge in [0, 0.05) is 33.2 Å². The number of aromatic amines is 1. The van der Waals surface area contributed by atoms with Gasteiger partial charge in [-0.25, -0.2) is 4.39 Å². The van der Waals surface area contributed by atoms with Gasteiger partial charge in [0.15, 0.2) is 0 Å². The molecule has 0 unspecified atom stereocenters. The van der Waals surface area contributed by atoms with Crippen LogP contribution in [0.5, 0.6) is 0 Å². The van der Waals surface area contributed by atoms with Gasteiger partial charge >= 0.3 is 0 Å². The number of H-pyrrole nitrogens is 1. The van der Waals surface area contributed by atoms with Crippen LogP contribution >= 0.6 is 11.6 Å². The molecular weight excluding hydrogens is 363 g/mol. The molecule has 0 atom stereocenters. The van der Waals surface area contributed by atoms with Gasteiger partial charge in [0.05, 0.1) is 13.0 Å². The summed E-state index contributed by atoms with van der Waals surface area (Å²) in [7, 11) is 0. The molecule has 0 spiro atoms. The fourth-order valence-corrected chi connectivity index (χ4v) is 3.86. The van der Waals surface area contributed by atoms with Crippen LogP contribution in [0.2, 0.25) is 5.02 Å². The Bertz CT molecular complexity index is 1000. The third kappa shape index (κ3) is 3.59. The topological polar surface area (TPSA) is 36.1 Å². The van der Waals surface area contributed by atoms with E-state index in [4.69, 9.17) is 11.6 Å². The average molecular weight is 385 g/mol. The molecule has 0 bridgehead atoms. The Balaban J connectivity index is 1.63. The lowest BCUT2D eigenvalue weighted by atomic mass is 10.0. The number of rotatable bonds is 5. The number of halogens is 2. The summed E-state index contributed by atoms with van der Waals surface area (Å²) in [6.07, 6.45) is 2.23. The molecule has 1 saturated carbocycles. The van der Waals surface area contributed by atoms with Crippen LogP contribution in [0, 0.1) is 19.7 Å². The Hall–Kier alpha value is -2.33. The average Bonchev–Trinajstić information content (AvgIpc) is 3.41. The predicted molar refractivity (Wildman–Crippen MR) is 106 cm³/mol. The van der Waals surface area contributed by atoms with Crippen LogP contribution in [0.25, 0.3) is 10.9 Å². The fourth-order valence-electron chi connectivity index (χ4n) is 3.64. The Morgan fingerprint density at radius 2 is 2.00 bits per heavy atom. The first kappa shape index (κ1) is 18.1. The summed E-state index contributed by atoms with van der Waals surface area (Å²) in [5.74, 6) is -0.345. The number of amides is 1. The maximum absolute atomic E-state index is 14.2. The number of fused-ring (bicyclic) bond motifs is 1. The van der Waals surface area contributed by atoms with Crippen LogP contribution in [0.4, 0.5) is 4.39 Å². The predicted octanol–water partition coefficient (Wildman–Crippen LogP) is 5.31. The smallest absolute Gasteiger partial charge is 0.227 e. The van der Waals surface area contributed by atoms with Crippen molar-refractivity contribution in [1.82, 2.24) is 9.88 Å². The Morgan fingerprint density at radius 1 is 1.22 bits per heavy atom. The molecule has 0 saturated heterocycles. The van der Waals surface area contributed by atoms with Gasteiger partial charge in [0.2, 0.25) is 5.91 Å². The van der Waals surface area contributed by atoms with Crippen molar-refractivity contribution in [1.29, 1.82) is 0 Å². The number of carbonyl (C=O) groups excluding carboxylic acids is 1. The van der Waals surface area contributed by atoms with E-state index in [-0.39, 0.29) is 24.3 Å². The minimum Gasteiger partial charge on any atom is -0.358 e. The first-order valence-electron chi connectivity index (χ1n) is 9.24. The Morgan fingerprint density at radius 3 is 2.70 bits per heavy atom. The maximum Gasteiger partial charge on any atom is 0.227 e. The zero-order valence-corrected chi connectivity index (χ0v) is 16.2. The highest BCUT2D eigenvalue weighted by atomic mass is 35.5. The molecule has 0 radical (unpaired) electrons. The van der Waals surface area contributed by atoms with Crippen molar-refractivity contribution in [2.45, 2.75) is 45.7 Å². The van der Waals surface area contributed by atoms with E-state index in [0.717, 1.165) is 40.6 Å². The van der Waals surface area contributed by atoms with Crippen molar-refractivity contribution < 1.29 is 9.18 Å². The van der Waals surface area contributed by atoms with E-state index in [2.05, 4.69) is 17.1 Å². The van der Waals surface area contributed by atoms with Gasteiger partial charge in [-0.05, 0) is 56.5 Å². The normalized spacial score (nSPS) is 13.9. The van der Waals surface area contributed by atoms with Gasteiger partial charge in [-0.2, -0.15) is 0 Å². The quantitative estimate of drug-likeness (QED) is 0.635. The first-order valence-corrected chi connectivity index (χ1v) is 9.62. The van der Waals surface area contributed by atoms with Crippen LogP contribution in [0.3, 0.4) is 0 Å². The van der Waals surface area contributed by atoms with Crippen LogP contribution in [-0.4, -0.2) is 21.8 Å². The molecule has 4 rings (SSSR count). The van der Waals surface area contributed by atoms with Crippen LogP contribution < -0.4 is 0 Å². The molecule has 0 aliphatic heterocycles. The van der Waals surface area contributed by atoms with Gasteiger partial charge in [0.25, 0.3) is 0 Å². The van der Waals surface area contributed by atoms with Crippen LogP contribution in [0.15, 0.2) is 36.4 Å². The van der Waals surface area contributed by atoms with Gasteiger partial charge in [0.1, 0.15) is 5.82 Å². The Labute approximate surface area is 163 Å². The molecule has 1 aliphatic carbocycles. The molecule has 1 fully saturated rings. The lowest BCUT2D eigenvalue weighted by Crippen LogP contribution is -2.34. The number of hydrogen-bond donors (Lipinski definition) is 1. The highest BCUT2D eigenvalue weighted by Crippen LogP contribution is 2.32. The van der Waals surface area contributed by atoms with Gasteiger partial charge in [-0.15, -0.1) is 0 Å². The van der Waals surface area contributed by atoms with E-state index in [1.807, 2.05) is 19.9 Å². The molecule has 2 aromatic carbocycles. The Kier molecular flexibility index (Phi) is 4.68. The highest BCUT2D eigenvalue weighted by molar-refractivity contribution is 6.31. The van der Waals surface area contributed by atoms with Gasteiger partial charge < -0.3 is 9.88 Å². The number of nitrogens with one attached hydrogen (secondary N) is 1. The van der Waals surface area contributed by atoms with Crippen LogP contribution in [0.1, 0.15) is 35.2 Å². The summed E-state index contributed by atoms with van der Waals surface area (Å²) in [6.45, 7) is 4.26. The fraction of sp³-hybridized carbons (Fsp3) is 0.318. The van der Waals surface area contributed by atoms with Crippen molar-refractivity contribution in [2.75, 3.05) is 0 Å². The number of nitrogens with zero attached hydrogens (tertiary/aromatic N) is 1. The van der Waals surface area contributed by atoms with E-state index < -0.39 is 0 Å². The lowest BCUT2D eigenvalue weighted by molar-refractivity contribution is -0.131. The van der Waals surface area contributed by atoms with Gasteiger partial charge in [-0.1, -0.05) is 29.3 Å². The molecular formula is C22H22ClFN2O. The van der Waals surface area contributed by atoms with Gasteiger partial charge in [-0.3, -0.25) is 4.79 Å². The molecule has 27 heavy (non-hydrogen) atoms. The molecule has 1 N–H and O–H groups in total. The number of aryl methyl sites for hydroxylation is 2. The van der Waals surface area contributed by atoms with Crippen molar-refractivity contribution in [3.8, 4) is 0 Å². The SMILES string of the molecule is Cc1ccc2[nH]c(C)c(CC(=O)N(Cc3c(F)cccc3Cl)C3CC3)c2c1. The monoisotopic (exact) mass is 384 g/mol. The second kappa shape index (κ2) is 7.01. The molecule has 3 aromatic rings. The third-order valence-electron chi connectivity index (χ3n) is 5.30. The van der Waals surface area contributed by atoms with Crippen LogP contribution in [-0.2, 0) is 17.8 Å². The molecule has 5 heteroatoms. The zero-order chi connectivity index (χ0) is 19.1. The summed E-state index contributed by atoms with van der Waals surface area (Å²) >= 11 is 6.18. The second-order valence-corrected chi connectivity index (χ2v) is 7.81.